The minimum Gasteiger partial charge on any atom is -0.411 e. The smallest absolute Gasteiger partial charge is 0.0808 e. The highest BCUT2D eigenvalue weighted by Crippen LogP contribution is 1.88. The fourth-order valence-corrected chi connectivity index (χ4v) is 0.369. The van der Waals surface area contributed by atoms with E-state index in [2.05, 4.69) is 17.0 Å². The van der Waals surface area contributed by atoms with Gasteiger partial charge in [0.1, 0.15) is 0 Å². The van der Waals surface area contributed by atoms with Gasteiger partial charge in [-0.3, -0.25) is 0 Å². The van der Waals surface area contributed by atoms with Crippen molar-refractivity contribution in [1.82, 2.24) is 0 Å². The minimum atomic E-state index is 0.320. The Kier molecular flexibility index (Phi) is 4.00. The molecule has 0 aliphatic heterocycles. The van der Waals surface area contributed by atoms with Crippen LogP contribution in [-0.2, 0) is 0 Å². The molecule has 2 heteroatoms. The van der Waals surface area contributed by atoms with Crippen LogP contribution in [0.2, 0.25) is 0 Å². The average Bonchev–Trinajstić information content (AvgIpc) is 1.88. The van der Waals surface area contributed by atoms with E-state index >= 15 is 0 Å². The Morgan fingerprint density at radius 2 is 1.78 bits per heavy atom. The van der Waals surface area contributed by atoms with E-state index in [0.29, 0.717) is 18.6 Å². The summed E-state index contributed by atoms with van der Waals surface area (Å²) in [4.78, 5) is 0. The monoisotopic (exact) mass is 121 g/mol. The maximum Gasteiger partial charge on any atom is 0.0808 e. The van der Waals surface area contributed by atoms with Gasteiger partial charge in [-0.2, -0.15) is 0 Å². The Hall–Kier alpha value is -1.41. The van der Waals surface area contributed by atoms with Gasteiger partial charge in [0, 0.05) is 0 Å². The van der Waals surface area contributed by atoms with Gasteiger partial charge in [0.05, 0.1) is 18.6 Å². The van der Waals surface area contributed by atoms with E-state index in [0.717, 1.165) is 0 Å². The van der Waals surface area contributed by atoms with Crippen molar-refractivity contribution in [2.45, 2.75) is 12.8 Å². The van der Waals surface area contributed by atoms with Gasteiger partial charge in [-0.25, -0.2) is 0 Å². The second-order valence-electron chi connectivity index (χ2n) is 1.43. The summed E-state index contributed by atoms with van der Waals surface area (Å²) in [6.45, 7) is 0. The number of hydrogen-bond acceptors (Lipinski definition) is 2. The predicted molar refractivity (Wildman–Crippen MR) is 36.1 cm³/mol. The summed E-state index contributed by atoms with van der Waals surface area (Å²) in [6, 6.07) is 0. The topological polar surface area (TPSA) is 32.6 Å². The molecule has 0 fully saturated rings. The van der Waals surface area contributed by atoms with Crippen LogP contribution in [0.15, 0.2) is 5.16 Å². The normalized spacial score (nSPS) is 6.89. The quantitative estimate of drug-likeness (QED) is 0.250. The van der Waals surface area contributed by atoms with Crippen LogP contribution in [-0.4, -0.2) is 10.9 Å². The largest absolute Gasteiger partial charge is 0.411 e. The highest BCUT2D eigenvalue weighted by Gasteiger charge is 1.92. The first-order valence-electron chi connectivity index (χ1n) is 2.42. The van der Waals surface area contributed by atoms with Crippen LogP contribution in [0.25, 0.3) is 0 Å². The van der Waals surface area contributed by atoms with Crippen molar-refractivity contribution in [2.75, 3.05) is 0 Å². The molecule has 0 saturated heterocycles. The van der Waals surface area contributed by atoms with Crippen molar-refractivity contribution in [3.05, 3.63) is 0 Å². The molecule has 0 atom stereocenters. The van der Waals surface area contributed by atoms with Gasteiger partial charge in [0.25, 0.3) is 0 Å². The molecule has 2 nitrogen and oxygen atoms in total. The Balaban J connectivity index is 3.77. The van der Waals surface area contributed by atoms with Gasteiger partial charge >= 0.3 is 0 Å². The Bertz CT molecular complexity index is 162. The highest BCUT2D eigenvalue weighted by atomic mass is 16.4. The van der Waals surface area contributed by atoms with Gasteiger partial charge in [0.2, 0.25) is 0 Å². The Labute approximate surface area is 54.6 Å². The van der Waals surface area contributed by atoms with E-state index in [4.69, 9.17) is 18.1 Å². The summed E-state index contributed by atoms with van der Waals surface area (Å²) in [7, 11) is 0. The first-order chi connectivity index (χ1) is 4.35. The molecule has 0 spiro atoms. The van der Waals surface area contributed by atoms with Crippen molar-refractivity contribution in [1.29, 1.82) is 0 Å². The zero-order chi connectivity index (χ0) is 7.11. The summed E-state index contributed by atoms with van der Waals surface area (Å²) in [5.41, 5.74) is 0.458. The third kappa shape index (κ3) is 3.20. The summed E-state index contributed by atoms with van der Waals surface area (Å²) in [5, 5.41) is 11.1. The molecular formula is C7H7NO. The van der Waals surface area contributed by atoms with Gasteiger partial charge in [0.15, 0.2) is 0 Å². The molecule has 0 unspecified atom stereocenters. The fourth-order valence-electron chi connectivity index (χ4n) is 0.369. The molecule has 0 rings (SSSR count). The van der Waals surface area contributed by atoms with Gasteiger partial charge < -0.3 is 5.21 Å². The van der Waals surface area contributed by atoms with E-state index in [1.807, 2.05) is 0 Å². The van der Waals surface area contributed by atoms with Crippen molar-refractivity contribution in [3.8, 4) is 24.7 Å². The van der Waals surface area contributed by atoms with Crippen molar-refractivity contribution >= 4 is 5.71 Å². The maximum absolute atomic E-state index is 8.19. The lowest BCUT2D eigenvalue weighted by Gasteiger charge is -1.89. The molecule has 0 aliphatic carbocycles. The molecule has 0 aromatic carbocycles. The lowest BCUT2D eigenvalue weighted by atomic mass is 10.2. The van der Waals surface area contributed by atoms with Crippen LogP contribution < -0.4 is 0 Å². The van der Waals surface area contributed by atoms with E-state index in [9.17, 15) is 0 Å². The average molecular weight is 121 g/mol. The Morgan fingerprint density at radius 1 is 1.33 bits per heavy atom. The second-order valence-corrected chi connectivity index (χ2v) is 1.43. The molecule has 0 aliphatic rings. The van der Waals surface area contributed by atoms with Crippen molar-refractivity contribution < 1.29 is 5.21 Å². The van der Waals surface area contributed by atoms with Crippen LogP contribution in [0.1, 0.15) is 12.8 Å². The standard InChI is InChI=1S/C7H7NO/c1-3-5-7(8-9)6-4-2/h1-2,9H,5-6H2. The summed E-state index contributed by atoms with van der Waals surface area (Å²) in [6.07, 6.45) is 10.5. The highest BCUT2D eigenvalue weighted by molar-refractivity contribution is 5.87. The van der Waals surface area contributed by atoms with Gasteiger partial charge in [-0.05, 0) is 0 Å². The summed E-state index contributed by atoms with van der Waals surface area (Å²) < 4.78 is 0. The molecule has 0 heterocycles. The van der Waals surface area contributed by atoms with Crippen molar-refractivity contribution in [3.63, 3.8) is 0 Å². The molecular weight excluding hydrogens is 114 g/mol. The molecule has 0 radical (unpaired) electrons. The summed E-state index contributed by atoms with van der Waals surface area (Å²) >= 11 is 0. The van der Waals surface area contributed by atoms with Gasteiger partial charge in [-0.1, -0.05) is 5.16 Å². The van der Waals surface area contributed by atoms with E-state index < -0.39 is 0 Å². The predicted octanol–water partition coefficient (Wildman–Crippen LogP) is 0.863. The molecule has 0 aromatic rings. The minimum absolute atomic E-state index is 0.320. The fraction of sp³-hybridized carbons (Fsp3) is 0.286. The van der Waals surface area contributed by atoms with Crippen LogP contribution in [0, 0.1) is 24.7 Å². The maximum atomic E-state index is 8.19. The second kappa shape index (κ2) is 4.74. The van der Waals surface area contributed by atoms with Gasteiger partial charge in [-0.15, -0.1) is 24.7 Å². The summed E-state index contributed by atoms with van der Waals surface area (Å²) in [5.74, 6) is 4.63. The first kappa shape index (κ1) is 7.59. The number of hydrogen-bond donors (Lipinski definition) is 1. The number of oxime groups is 1. The van der Waals surface area contributed by atoms with Crippen LogP contribution in [0.4, 0.5) is 0 Å². The zero-order valence-corrected chi connectivity index (χ0v) is 4.96. The molecule has 0 aromatic heterocycles. The lowest BCUT2D eigenvalue weighted by molar-refractivity contribution is 0.317. The number of terminal acetylenes is 2. The van der Waals surface area contributed by atoms with E-state index in [-0.39, 0.29) is 0 Å². The Morgan fingerprint density at radius 3 is 2.00 bits per heavy atom. The molecule has 1 N–H and O–H groups in total. The van der Waals surface area contributed by atoms with E-state index in [1.165, 1.54) is 0 Å². The first-order valence-corrected chi connectivity index (χ1v) is 2.42. The zero-order valence-electron chi connectivity index (χ0n) is 4.96. The number of nitrogens with zero attached hydrogens (tertiary/aromatic N) is 1. The van der Waals surface area contributed by atoms with Crippen LogP contribution in [0.5, 0.6) is 0 Å². The SMILES string of the molecule is C#CCC(CC#C)=NO. The van der Waals surface area contributed by atoms with E-state index in [1.54, 1.807) is 0 Å². The third-order valence-corrected chi connectivity index (χ3v) is 0.754. The number of rotatable bonds is 2. The lowest BCUT2D eigenvalue weighted by Crippen LogP contribution is -1.93. The molecule has 0 bridgehead atoms. The van der Waals surface area contributed by atoms with Crippen LogP contribution in [0.3, 0.4) is 0 Å². The molecule has 46 valence electrons. The van der Waals surface area contributed by atoms with Crippen molar-refractivity contribution in [2.24, 2.45) is 5.16 Å². The molecule has 9 heavy (non-hydrogen) atoms. The third-order valence-electron chi connectivity index (χ3n) is 0.754. The molecule has 0 amide bonds. The molecule has 0 saturated carbocycles. The van der Waals surface area contributed by atoms with Crippen LogP contribution >= 0.6 is 0 Å².